The van der Waals surface area contributed by atoms with Gasteiger partial charge in [-0.3, -0.25) is 4.21 Å². The lowest BCUT2D eigenvalue weighted by Crippen LogP contribution is -2.20. The Morgan fingerprint density at radius 2 is 1.52 bits per heavy atom. The van der Waals surface area contributed by atoms with E-state index < -0.39 is 10.8 Å². The van der Waals surface area contributed by atoms with Crippen LogP contribution in [0.2, 0.25) is 0 Å². The SMILES string of the molecule is Cc1ccc(C)c(C(N)CS(=O)c2cc(C)ccc2C)c1. The van der Waals surface area contributed by atoms with E-state index in [1.165, 1.54) is 5.56 Å². The normalized spacial score (nSPS) is 14.0. The van der Waals surface area contributed by atoms with Gasteiger partial charge in [0.1, 0.15) is 0 Å². The summed E-state index contributed by atoms with van der Waals surface area (Å²) in [5.74, 6) is 0.453. The van der Waals surface area contributed by atoms with E-state index >= 15 is 0 Å². The van der Waals surface area contributed by atoms with Crippen molar-refractivity contribution in [2.45, 2.75) is 38.6 Å². The zero-order valence-electron chi connectivity index (χ0n) is 13.1. The lowest BCUT2D eigenvalue weighted by molar-refractivity contribution is 0.674. The Balaban J connectivity index is 2.23. The fourth-order valence-corrected chi connectivity index (χ4v) is 3.88. The molecule has 0 amide bonds. The summed E-state index contributed by atoms with van der Waals surface area (Å²) in [5.41, 5.74) is 11.9. The number of aryl methyl sites for hydroxylation is 4. The second-order valence-corrected chi connectivity index (χ2v) is 7.21. The van der Waals surface area contributed by atoms with Crippen molar-refractivity contribution in [2.75, 3.05) is 5.75 Å². The van der Waals surface area contributed by atoms with E-state index in [4.69, 9.17) is 5.73 Å². The molecule has 0 heterocycles. The Hall–Kier alpha value is -1.45. The van der Waals surface area contributed by atoms with Gasteiger partial charge >= 0.3 is 0 Å². The molecule has 2 aromatic carbocycles. The molecule has 0 fully saturated rings. The molecule has 2 nitrogen and oxygen atoms in total. The zero-order valence-corrected chi connectivity index (χ0v) is 14.0. The van der Waals surface area contributed by atoms with Gasteiger partial charge in [-0.05, 0) is 56.0 Å². The Kier molecular flexibility index (Phi) is 4.96. The molecular weight excluding hydrogens is 278 g/mol. The lowest BCUT2D eigenvalue weighted by atomic mass is 10.0. The summed E-state index contributed by atoms with van der Waals surface area (Å²) >= 11 is 0. The van der Waals surface area contributed by atoms with Crippen LogP contribution >= 0.6 is 0 Å². The van der Waals surface area contributed by atoms with Crippen molar-refractivity contribution in [3.8, 4) is 0 Å². The summed E-state index contributed by atoms with van der Waals surface area (Å²) in [5, 5.41) is 0. The summed E-state index contributed by atoms with van der Waals surface area (Å²) in [6.07, 6.45) is 0. The van der Waals surface area contributed by atoms with Gasteiger partial charge in [-0.25, -0.2) is 0 Å². The summed E-state index contributed by atoms with van der Waals surface area (Å²) in [7, 11) is -1.08. The molecule has 0 radical (unpaired) electrons. The molecule has 0 aliphatic carbocycles. The molecule has 21 heavy (non-hydrogen) atoms. The van der Waals surface area contributed by atoms with Gasteiger partial charge in [-0.15, -0.1) is 0 Å². The summed E-state index contributed by atoms with van der Waals surface area (Å²) < 4.78 is 12.6. The van der Waals surface area contributed by atoms with E-state index in [0.717, 1.165) is 27.1 Å². The van der Waals surface area contributed by atoms with E-state index in [9.17, 15) is 4.21 Å². The van der Waals surface area contributed by atoms with Crippen LogP contribution in [-0.2, 0) is 10.8 Å². The first kappa shape index (κ1) is 15.9. The van der Waals surface area contributed by atoms with Crippen molar-refractivity contribution in [3.05, 3.63) is 64.2 Å². The first-order valence-corrected chi connectivity index (χ1v) is 8.48. The summed E-state index contributed by atoms with van der Waals surface area (Å²) in [6, 6.07) is 12.1. The molecule has 2 rings (SSSR count). The van der Waals surface area contributed by atoms with Crippen molar-refractivity contribution in [2.24, 2.45) is 5.73 Å². The van der Waals surface area contributed by atoms with Gasteiger partial charge < -0.3 is 5.73 Å². The van der Waals surface area contributed by atoms with Crippen molar-refractivity contribution in [3.63, 3.8) is 0 Å². The van der Waals surface area contributed by atoms with Crippen LogP contribution in [0.4, 0.5) is 0 Å². The van der Waals surface area contributed by atoms with Crippen LogP contribution in [0.5, 0.6) is 0 Å². The third kappa shape index (κ3) is 3.80. The average Bonchev–Trinajstić information content (AvgIpc) is 2.43. The van der Waals surface area contributed by atoms with Gasteiger partial charge in [-0.1, -0.05) is 35.9 Å². The number of hydrogen-bond donors (Lipinski definition) is 1. The maximum Gasteiger partial charge on any atom is 0.0551 e. The highest BCUT2D eigenvalue weighted by Gasteiger charge is 2.15. The van der Waals surface area contributed by atoms with Crippen molar-refractivity contribution >= 4 is 10.8 Å². The monoisotopic (exact) mass is 301 g/mol. The molecule has 0 bridgehead atoms. The van der Waals surface area contributed by atoms with Crippen LogP contribution in [-0.4, -0.2) is 9.96 Å². The molecular formula is C18H23NOS. The zero-order chi connectivity index (χ0) is 15.6. The van der Waals surface area contributed by atoms with Crippen LogP contribution in [0.1, 0.15) is 33.9 Å². The second kappa shape index (κ2) is 6.54. The smallest absolute Gasteiger partial charge is 0.0551 e. The summed E-state index contributed by atoms with van der Waals surface area (Å²) in [4.78, 5) is 0.899. The van der Waals surface area contributed by atoms with Crippen LogP contribution in [0.15, 0.2) is 41.3 Å². The van der Waals surface area contributed by atoms with E-state index in [-0.39, 0.29) is 6.04 Å². The third-order valence-electron chi connectivity index (χ3n) is 3.75. The van der Waals surface area contributed by atoms with Gasteiger partial charge in [0.05, 0.1) is 10.8 Å². The number of rotatable bonds is 4. The van der Waals surface area contributed by atoms with E-state index in [0.29, 0.717) is 5.75 Å². The highest BCUT2D eigenvalue weighted by atomic mass is 32.2. The van der Waals surface area contributed by atoms with E-state index in [2.05, 4.69) is 32.0 Å². The lowest BCUT2D eigenvalue weighted by Gasteiger charge is -2.16. The van der Waals surface area contributed by atoms with Crippen molar-refractivity contribution < 1.29 is 4.21 Å². The van der Waals surface area contributed by atoms with E-state index in [1.54, 1.807) is 0 Å². The molecule has 2 aromatic rings. The van der Waals surface area contributed by atoms with Crippen LogP contribution < -0.4 is 5.73 Å². The first-order chi connectivity index (χ1) is 9.88. The predicted molar refractivity (Wildman–Crippen MR) is 90.0 cm³/mol. The Bertz CT molecular complexity index is 679. The molecule has 0 aromatic heterocycles. The standard InChI is InChI=1S/C18H23NOS/c1-12-5-7-14(3)16(9-12)17(19)11-21(20)18-10-13(2)6-8-15(18)4/h5-10,17H,11,19H2,1-4H3. The molecule has 0 saturated heterocycles. The fourth-order valence-electron chi connectivity index (χ4n) is 2.45. The maximum absolute atomic E-state index is 12.6. The van der Waals surface area contributed by atoms with Crippen molar-refractivity contribution in [1.29, 1.82) is 0 Å². The first-order valence-electron chi connectivity index (χ1n) is 7.17. The molecule has 3 heteroatoms. The predicted octanol–water partition coefficient (Wildman–Crippen LogP) is 3.73. The number of hydrogen-bond acceptors (Lipinski definition) is 2. The van der Waals surface area contributed by atoms with Gasteiger partial charge in [0.25, 0.3) is 0 Å². The Morgan fingerprint density at radius 1 is 0.952 bits per heavy atom. The minimum Gasteiger partial charge on any atom is -0.323 e. The molecule has 0 aliphatic heterocycles. The van der Waals surface area contributed by atoms with E-state index in [1.807, 2.05) is 32.0 Å². The topological polar surface area (TPSA) is 43.1 Å². The summed E-state index contributed by atoms with van der Waals surface area (Å²) in [6.45, 7) is 8.12. The highest BCUT2D eigenvalue weighted by molar-refractivity contribution is 7.85. The molecule has 2 unspecified atom stereocenters. The van der Waals surface area contributed by atoms with Gasteiger partial charge in [-0.2, -0.15) is 0 Å². The molecule has 112 valence electrons. The molecule has 0 spiro atoms. The average molecular weight is 301 g/mol. The number of nitrogens with two attached hydrogens (primary N) is 1. The third-order valence-corrected chi connectivity index (χ3v) is 5.35. The minimum atomic E-state index is -1.08. The van der Waals surface area contributed by atoms with Crippen LogP contribution in [0, 0.1) is 27.7 Å². The van der Waals surface area contributed by atoms with Crippen LogP contribution in [0.3, 0.4) is 0 Å². The fraction of sp³-hybridized carbons (Fsp3) is 0.333. The molecule has 0 saturated carbocycles. The second-order valence-electron chi connectivity index (χ2n) is 5.75. The molecule has 0 aliphatic rings. The maximum atomic E-state index is 12.6. The van der Waals surface area contributed by atoms with Gasteiger partial charge in [0.2, 0.25) is 0 Å². The Labute approximate surface area is 129 Å². The van der Waals surface area contributed by atoms with Crippen LogP contribution in [0.25, 0.3) is 0 Å². The Morgan fingerprint density at radius 3 is 2.19 bits per heavy atom. The molecule has 2 atom stereocenters. The van der Waals surface area contributed by atoms with Gasteiger partial charge in [0, 0.05) is 16.7 Å². The quantitative estimate of drug-likeness (QED) is 0.935. The minimum absolute atomic E-state index is 0.203. The largest absolute Gasteiger partial charge is 0.323 e. The highest BCUT2D eigenvalue weighted by Crippen LogP contribution is 2.22. The number of benzene rings is 2. The van der Waals surface area contributed by atoms with Crippen molar-refractivity contribution in [1.82, 2.24) is 0 Å². The van der Waals surface area contributed by atoms with Gasteiger partial charge in [0.15, 0.2) is 0 Å². The molecule has 2 N–H and O–H groups in total.